The predicted octanol–water partition coefficient (Wildman–Crippen LogP) is -0.0919. The van der Waals surface area contributed by atoms with Crippen molar-refractivity contribution < 1.29 is 9.90 Å². The lowest BCUT2D eigenvalue weighted by Crippen LogP contribution is -2.46. The van der Waals surface area contributed by atoms with Gasteiger partial charge >= 0.3 is 0 Å². The zero-order valence-corrected chi connectivity index (χ0v) is 6.23. The van der Waals surface area contributed by atoms with E-state index in [1.165, 1.54) is 0 Å². The minimum Gasteiger partial charge on any atom is -0.391 e. The van der Waals surface area contributed by atoms with Crippen LogP contribution in [0, 0.1) is 0 Å². The highest BCUT2D eigenvalue weighted by Gasteiger charge is 2.33. The first-order valence-corrected chi connectivity index (χ1v) is 3.96. The van der Waals surface area contributed by atoms with Gasteiger partial charge < -0.3 is 10.0 Å². The molecular formula is C8H11NO2. The molecule has 2 aliphatic heterocycles. The highest BCUT2D eigenvalue weighted by atomic mass is 16.3. The second-order valence-electron chi connectivity index (χ2n) is 3.09. The van der Waals surface area contributed by atoms with Gasteiger partial charge in [-0.15, -0.1) is 0 Å². The van der Waals surface area contributed by atoms with E-state index < -0.39 is 0 Å². The number of hydrogen-bond acceptors (Lipinski definition) is 2. The summed E-state index contributed by atoms with van der Waals surface area (Å²) in [6.07, 6.45) is 4.75. The third kappa shape index (κ3) is 0.959. The van der Waals surface area contributed by atoms with Crippen molar-refractivity contribution in [2.45, 2.75) is 25.0 Å². The van der Waals surface area contributed by atoms with Crippen LogP contribution in [0.3, 0.4) is 0 Å². The van der Waals surface area contributed by atoms with E-state index in [0.717, 1.165) is 19.4 Å². The molecular weight excluding hydrogens is 142 g/mol. The van der Waals surface area contributed by atoms with Crippen LogP contribution in [0.25, 0.3) is 0 Å². The Morgan fingerprint density at radius 2 is 2.45 bits per heavy atom. The molecule has 0 bridgehead atoms. The Morgan fingerprint density at radius 3 is 3.18 bits per heavy atom. The Hall–Kier alpha value is -0.830. The molecule has 3 nitrogen and oxygen atoms in total. The maximum atomic E-state index is 11.1. The summed E-state index contributed by atoms with van der Waals surface area (Å²) >= 11 is 0. The fourth-order valence-corrected chi connectivity index (χ4v) is 1.76. The molecule has 0 saturated carbocycles. The number of piperidine rings is 1. The van der Waals surface area contributed by atoms with Gasteiger partial charge in [0, 0.05) is 12.6 Å². The molecule has 60 valence electrons. The SMILES string of the molecule is O=C1C=C[C@@H]2[C@H](O)CCCN12. The topological polar surface area (TPSA) is 40.5 Å². The van der Waals surface area contributed by atoms with Crippen molar-refractivity contribution in [2.24, 2.45) is 0 Å². The summed E-state index contributed by atoms with van der Waals surface area (Å²) in [5, 5.41) is 9.45. The number of rotatable bonds is 0. The van der Waals surface area contributed by atoms with Gasteiger partial charge in [-0.1, -0.05) is 6.08 Å². The molecule has 2 rings (SSSR count). The molecule has 2 atom stereocenters. The Morgan fingerprint density at radius 1 is 1.64 bits per heavy atom. The Balaban J connectivity index is 2.18. The van der Waals surface area contributed by atoms with Gasteiger partial charge in [0.25, 0.3) is 0 Å². The number of nitrogens with zero attached hydrogens (tertiary/aromatic N) is 1. The first-order valence-electron chi connectivity index (χ1n) is 3.96. The highest BCUT2D eigenvalue weighted by molar-refractivity contribution is 5.90. The smallest absolute Gasteiger partial charge is 0.246 e. The van der Waals surface area contributed by atoms with E-state index in [9.17, 15) is 9.90 Å². The minimum atomic E-state index is -0.341. The number of fused-ring (bicyclic) bond motifs is 1. The van der Waals surface area contributed by atoms with E-state index in [2.05, 4.69) is 0 Å². The summed E-state index contributed by atoms with van der Waals surface area (Å²) in [5.74, 6) is 0.0498. The van der Waals surface area contributed by atoms with E-state index in [4.69, 9.17) is 0 Å². The molecule has 2 aliphatic rings. The largest absolute Gasteiger partial charge is 0.391 e. The van der Waals surface area contributed by atoms with Crippen molar-refractivity contribution in [3.63, 3.8) is 0 Å². The molecule has 1 saturated heterocycles. The van der Waals surface area contributed by atoms with Gasteiger partial charge in [0.15, 0.2) is 0 Å². The number of amides is 1. The van der Waals surface area contributed by atoms with Crippen LogP contribution in [-0.4, -0.2) is 34.6 Å². The molecule has 0 radical (unpaired) electrons. The molecule has 3 heteroatoms. The first kappa shape index (κ1) is 6.85. The first-order chi connectivity index (χ1) is 5.29. The van der Waals surface area contributed by atoms with Crippen molar-refractivity contribution >= 4 is 5.91 Å². The summed E-state index contributed by atoms with van der Waals surface area (Å²) < 4.78 is 0. The average molecular weight is 153 g/mol. The van der Waals surface area contributed by atoms with Crippen molar-refractivity contribution in [3.05, 3.63) is 12.2 Å². The van der Waals surface area contributed by atoms with Crippen molar-refractivity contribution in [1.29, 1.82) is 0 Å². The zero-order valence-electron chi connectivity index (χ0n) is 6.23. The molecule has 0 aliphatic carbocycles. The molecule has 1 N–H and O–H groups in total. The van der Waals surface area contributed by atoms with Crippen LogP contribution in [0.5, 0.6) is 0 Å². The lowest BCUT2D eigenvalue weighted by Gasteiger charge is -2.33. The van der Waals surface area contributed by atoms with E-state index in [1.807, 2.05) is 0 Å². The van der Waals surface area contributed by atoms with Crippen molar-refractivity contribution in [1.82, 2.24) is 4.90 Å². The number of carbonyl (C=O) groups excluding carboxylic acids is 1. The Kier molecular flexibility index (Phi) is 1.46. The highest BCUT2D eigenvalue weighted by Crippen LogP contribution is 2.22. The van der Waals surface area contributed by atoms with Gasteiger partial charge in [-0.3, -0.25) is 4.79 Å². The quantitative estimate of drug-likeness (QED) is 0.528. The fraction of sp³-hybridized carbons (Fsp3) is 0.625. The van der Waals surface area contributed by atoms with E-state index in [1.54, 1.807) is 17.1 Å². The van der Waals surface area contributed by atoms with Crippen LogP contribution in [0.1, 0.15) is 12.8 Å². The van der Waals surface area contributed by atoms with Crippen molar-refractivity contribution in [3.8, 4) is 0 Å². The molecule has 0 unspecified atom stereocenters. The molecule has 11 heavy (non-hydrogen) atoms. The molecule has 0 aromatic heterocycles. The molecule has 0 spiro atoms. The maximum Gasteiger partial charge on any atom is 0.246 e. The van der Waals surface area contributed by atoms with Crippen LogP contribution in [0.4, 0.5) is 0 Å². The average Bonchev–Trinajstić information content (AvgIpc) is 2.35. The lowest BCUT2D eigenvalue weighted by molar-refractivity contribution is -0.129. The van der Waals surface area contributed by atoms with Crippen LogP contribution >= 0.6 is 0 Å². The van der Waals surface area contributed by atoms with Gasteiger partial charge in [0.2, 0.25) is 5.91 Å². The normalized spacial score (nSPS) is 36.1. The van der Waals surface area contributed by atoms with E-state index in [0.29, 0.717) is 0 Å². The van der Waals surface area contributed by atoms with Crippen LogP contribution in [0.15, 0.2) is 12.2 Å². The van der Waals surface area contributed by atoms with E-state index >= 15 is 0 Å². The van der Waals surface area contributed by atoms with Gasteiger partial charge in [0.1, 0.15) is 0 Å². The Bertz CT molecular complexity index is 212. The number of aliphatic hydroxyl groups excluding tert-OH is 1. The molecule has 0 aromatic carbocycles. The zero-order chi connectivity index (χ0) is 7.84. The molecule has 1 fully saturated rings. The second kappa shape index (κ2) is 2.34. The lowest BCUT2D eigenvalue weighted by atomic mass is 10.0. The summed E-state index contributed by atoms with van der Waals surface area (Å²) in [6.45, 7) is 0.799. The number of carbonyl (C=O) groups is 1. The predicted molar refractivity (Wildman–Crippen MR) is 39.9 cm³/mol. The van der Waals surface area contributed by atoms with Gasteiger partial charge in [-0.05, 0) is 12.8 Å². The molecule has 0 aromatic rings. The monoisotopic (exact) mass is 153 g/mol. The maximum absolute atomic E-state index is 11.1. The molecule has 2 heterocycles. The van der Waals surface area contributed by atoms with Crippen molar-refractivity contribution in [2.75, 3.05) is 6.54 Å². The third-order valence-corrected chi connectivity index (χ3v) is 2.37. The summed E-state index contributed by atoms with van der Waals surface area (Å²) in [5.41, 5.74) is 0. The second-order valence-corrected chi connectivity index (χ2v) is 3.09. The van der Waals surface area contributed by atoms with Gasteiger partial charge in [-0.2, -0.15) is 0 Å². The Labute approximate surface area is 65.3 Å². The van der Waals surface area contributed by atoms with Gasteiger partial charge in [-0.25, -0.2) is 0 Å². The summed E-state index contributed by atoms with van der Waals surface area (Å²) in [6, 6.07) is -0.0313. The van der Waals surface area contributed by atoms with E-state index in [-0.39, 0.29) is 18.1 Å². The van der Waals surface area contributed by atoms with Crippen LogP contribution in [0.2, 0.25) is 0 Å². The third-order valence-electron chi connectivity index (χ3n) is 2.37. The number of aliphatic hydroxyl groups is 1. The number of hydrogen-bond donors (Lipinski definition) is 1. The van der Waals surface area contributed by atoms with Crippen LogP contribution in [-0.2, 0) is 4.79 Å². The summed E-state index contributed by atoms with van der Waals surface area (Å²) in [7, 11) is 0. The fourth-order valence-electron chi connectivity index (χ4n) is 1.76. The molecule has 1 amide bonds. The minimum absolute atomic E-state index is 0.0313. The van der Waals surface area contributed by atoms with Gasteiger partial charge in [0.05, 0.1) is 12.1 Å². The standard InChI is InChI=1S/C8H11NO2/c10-7-2-1-5-9-6(7)3-4-8(9)11/h3-4,6-7,10H,1-2,5H2/t6-,7-/m1/s1. The van der Waals surface area contributed by atoms with Crippen LogP contribution < -0.4 is 0 Å². The summed E-state index contributed by atoms with van der Waals surface area (Å²) in [4.78, 5) is 12.8.